The van der Waals surface area contributed by atoms with Crippen molar-refractivity contribution in [3.05, 3.63) is 59.7 Å². The Kier molecular flexibility index (Phi) is 10.3. The molecule has 3 amide bonds. The molecule has 2 aromatic carbocycles. The van der Waals surface area contributed by atoms with Crippen molar-refractivity contribution in [3.63, 3.8) is 0 Å². The van der Waals surface area contributed by atoms with Gasteiger partial charge < -0.3 is 30.9 Å². The van der Waals surface area contributed by atoms with Gasteiger partial charge >= 0.3 is 12.1 Å². The number of aliphatic hydroxyl groups excluding tert-OH is 1. The van der Waals surface area contributed by atoms with E-state index in [1.807, 2.05) is 48.5 Å². The number of carboxylic acids is 1. The van der Waals surface area contributed by atoms with E-state index in [2.05, 4.69) is 16.0 Å². The molecule has 10 heteroatoms. The van der Waals surface area contributed by atoms with Crippen LogP contribution in [0.15, 0.2) is 48.5 Å². The van der Waals surface area contributed by atoms with E-state index in [9.17, 15) is 24.3 Å². The highest BCUT2D eigenvalue weighted by Gasteiger charge is 2.32. The summed E-state index contributed by atoms with van der Waals surface area (Å²) in [6.07, 6.45) is -2.56. The Morgan fingerprint density at radius 3 is 1.85 bits per heavy atom. The van der Waals surface area contributed by atoms with Crippen LogP contribution in [0.25, 0.3) is 11.1 Å². The molecule has 0 fully saturated rings. The molecule has 10 nitrogen and oxygen atoms in total. The van der Waals surface area contributed by atoms with E-state index in [1.165, 1.54) is 6.92 Å². The molecule has 216 valence electrons. The normalized spacial score (nSPS) is 15.4. The van der Waals surface area contributed by atoms with Crippen LogP contribution in [0.1, 0.15) is 58.1 Å². The van der Waals surface area contributed by atoms with Crippen LogP contribution in [0, 0.1) is 11.8 Å². The standard InChI is InChI=1S/C30H39N3O7/c1-16(2)26(24(34)14-25(35)36)32-28(37)18(5)31-29(38)27(17(3)4)33-30(39)40-15-23-21-12-8-6-10-19(21)20-11-7-9-13-22(20)23/h6-13,16-18,23-24,26-27,34H,14-15H2,1-5H3,(H,31,38)(H,32,37)(H,33,39)(H,35,36)/t18?,24-,26+,27?/m0/s1. The third-order valence-corrected chi connectivity index (χ3v) is 7.14. The van der Waals surface area contributed by atoms with Gasteiger partial charge in [0.25, 0.3) is 0 Å². The summed E-state index contributed by atoms with van der Waals surface area (Å²) >= 11 is 0. The number of rotatable bonds is 12. The Bertz CT molecular complexity index is 1180. The molecule has 2 aromatic rings. The number of hydrogen-bond donors (Lipinski definition) is 5. The first-order valence-electron chi connectivity index (χ1n) is 13.5. The van der Waals surface area contributed by atoms with Crippen LogP contribution in [0.5, 0.6) is 0 Å². The topological polar surface area (TPSA) is 154 Å². The van der Waals surface area contributed by atoms with E-state index < -0.39 is 54.5 Å². The van der Waals surface area contributed by atoms with Crippen LogP contribution >= 0.6 is 0 Å². The summed E-state index contributed by atoms with van der Waals surface area (Å²) in [6.45, 7) is 8.57. The average molecular weight is 554 g/mol. The van der Waals surface area contributed by atoms with Crippen molar-refractivity contribution < 1.29 is 34.1 Å². The van der Waals surface area contributed by atoms with Crippen molar-refractivity contribution in [2.45, 2.75) is 71.2 Å². The molecule has 1 aliphatic carbocycles. The predicted molar refractivity (Wildman–Crippen MR) is 149 cm³/mol. The quantitative estimate of drug-likeness (QED) is 0.271. The second-order valence-electron chi connectivity index (χ2n) is 10.9. The molecule has 3 rings (SSSR count). The number of nitrogens with one attached hydrogen (secondary N) is 3. The molecule has 1 aliphatic rings. The maximum atomic E-state index is 13.0. The maximum Gasteiger partial charge on any atom is 0.407 e. The van der Waals surface area contributed by atoms with Gasteiger partial charge in [-0.05, 0) is 41.0 Å². The molecule has 2 unspecified atom stereocenters. The van der Waals surface area contributed by atoms with Gasteiger partial charge in [0.05, 0.1) is 18.6 Å². The monoisotopic (exact) mass is 553 g/mol. The minimum absolute atomic E-state index is 0.0976. The zero-order chi connectivity index (χ0) is 29.6. The molecule has 5 N–H and O–H groups in total. The fraction of sp³-hybridized carbons (Fsp3) is 0.467. The van der Waals surface area contributed by atoms with Crippen molar-refractivity contribution in [1.29, 1.82) is 0 Å². The summed E-state index contributed by atoms with van der Waals surface area (Å²) < 4.78 is 5.57. The fourth-order valence-electron chi connectivity index (χ4n) is 4.97. The van der Waals surface area contributed by atoms with E-state index >= 15 is 0 Å². The Hall–Kier alpha value is -3.92. The summed E-state index contributed by atoms with van der Waals surface area (Å²) in [7, 11) is 0. The molecule has 0 bridgehead atoms. The van der Waals surface area contributed by atoms with Gasteiger partial charge in [-0.15, -0.1) is 0 Å². The van der Waals surface area contributed by atoms with E-state index in [0.29, 0.717) is 0 Å². The fourth-order valence-corrected chi connectivity index (χ4v) is 4.97. The third kappa shape index (κ3) is 7.38. The lowest BCUT2D eigenvalue weighted by atomic mass is 9.96. The summed E-state index contributed by atoms with van der Waals surface area (Å²) in [4.78, 5) is 49.5. The number of aliphatic hydroxyl groups is 1. The summed E-state index contributed by atoms with van der Waals surface area (Å²) in [5.74, 6) is -3.03. The van der Waals surface area contributed by atoms with Crippen LogP contribution in [0.4, 0.5) is 4.79 Å². The first-order chi connectivity index (χ1) is 18.9. The number of ether oxygens (including phenoxy) is 1. The van der Waals surface area contributed by atoms with Crippen LogP contribution < -0.4 is 16.0 Å². The Balaban J connectivity index is 1.59. The lowest BCUT2D eigenvalue weighted by Crippen LogP contribution is -2.57. The van der Waals surface area contributed by atoms with Crippen molar-refractivity contribution in [2.24, 2.45) is 11.8 Å². The third-order valence-electron chi connectivity index (χ3n) is 7.14. The highest BCUT2D eigenvalue weighted by molar-refractivity contribution is 5.91. The Morgan fingerprint density at radius 2 is 1.35 bits per heavy atom. The number of fused-ring (bicyclic) bond motifs is 3. The minimum atomic E-state index is -1.29. The number of amides is 3. The molecule has 0 aromatic heterocycles. The molecular weight excluding hydrogens is 514 g/mol. The summed E-state index contributed by atoms with van der Waals surface area (Å²) in [5.41, 5.74) is 4.35. The molecule has 0 spiro atoms. The molecule has 40 heavy (non-hydrogen) atoms. The van der Waals surface area contributed by atoms with E-state index in [0.717, 1.165) is 22.3 Å². The number of carbonyl (C=O) groups is 4. The number of benzene rings is 2. The molecule has 0 radical (unpaired) electrons. The van der Waals surface area contributed by atoms with Crippen molar-refractivity contribution in [3.8, 4) is 11.1 Å². The smallest absolute Gasteiger partial charge is 0.407 e. The highest BCUT2D eigenvalue weighted by Crippen LogP contribution is 2.44. The second-order valence-corrected chi connectivity index (χ2v) is 10.9. The Labute approximate surface area is 234 Å². The average Bonchev–Trinajstić information content (AvgIpc) is 3.21. The zero-order valence-electron chi connectivity index (χ0n) is 23.5. The molecular formula is C30H39N3O7. The van der Waals surface area contributed by atoms with Crippen LogP contribution in [-0.2, 0) is 19.1 Å². The zero-order valence-corrected chi connectivity index (χ0v) is 23.5. The van der Waals surface area contributed by atoms with Gasteiger partial charge in [-0.25, -0.2) is 4.79 Å². The first-order valence-corrected chi connectivity index (χ1v) is 13.5. The van der Waals surface area contributed by atoms with Gasteiger partial charge in [-0.3, -0.25) is 14.4 Å². The number of aliphatic carboxylic acids is 1. The second kappa shape index (κ2) is 13.4. The van der Waals surface area contributed by atoms with Gasteiger partial charge in [0.2, 0.25) is 11.8 Å². The largest absolute Gasteiger partial charge is 0.481 e. The Morgan fingerprint density at radius 1 is 0.800 bits per heavy atom. The maximum absolute atomic E-state index is 13.0. The van der Waals surface area contributed by atoms with Gasteiger partial charge in [0, 0.05) is 5.92 Å². The van der Waals surface area contributed by atoms with Gasteiger partial charge in [0.15, 0.2) is 0 Å². The van der Waals surface area contributed by atoms with E-state index in [4.69, 9.17) is 9.84 Å². The number of alkyl carbamates (subject to hydrolysis) is 1. The lowest BCUT2D eigenvalue weighted by Gasteiger charge is -2.29. The van der Waals surface area contributed by atoms with E-state index in [1.54, 1.807) is 27.7 Å². The molecule has 4 atom stereocenters. The lowest BCUT2D eigenvalue weighted by molar-refractivity contribution is -0.140. The van der Waals surface area contributed by atoms with Crippen LogP contribution in [0.2, 0.25) is 0 Å². The molecule has 0 saturated heterocycles. The number of carbonyl (C=O) groups excluding carboxylic acids is 3. The van der Waals surface area contributed by atoms with E-state index in [-0.39, 0.29) is 24.4 Å². The van der Waals surface area contributed by atoms with Gasteiger partial charge in [-0.2, -0.15) is 0 Å². The van der Waals surface area contributed by atoms with Gasteiger partial charge in [-0.1, -0.05) is 76.2 Å². The summed E-state index contributed by atoms with van der Waals surface area (Å²) in [5, 5.41) is 27.0. The van der Waals surface area contributed by atoms with Crippen LogP contribution in [-0.4, -0.2) is 64.9 Å². The van der Waals surface area contributed by atoms with Crippen molar-refractivity contribution in [1.82, 2.24) is 16.0 Å². The first kappa shape index (κ1) is 30.6. The SMILES string of the molecule is CC(NC(=O)C(NC(=O)OCC1c2ccccc2-c2ccccc21)C(C)C)C(=O)N[C@H](C(C)C)[C@@H](O)CC(=O)O. The summed E-state index contributed by atoms with van der Waals surface area (Å²) in [6, 6.07) is 13.2. The number of hydrogen-bond acceptors (Lipinski definition) is 6. The van der Waals surface area contributed by atoms with Crippen LogP contribution in [0.3, 0.4) is 0 Å². The predicted octanol–water partition coefficient (Wildman–Crippen LogP) is 3.03. The minimum Gasteiger partial charge on any atom is -0.481 e. The van der Waals surface area contributed by atoms with Crippen molar-refractivity contribution in [2.75, 3.05) is 6.61 Å². The van der Waals surface area contributed by atoms with Gasteiger partial charge in [0.1, 0.15) is 18.7 Å². The van der Waals surface area contributed by atoms with Crippen molar-refractivity contribution >= 4 is 23.9 Å². The molecule has 0 heterocycles. The number of carboxylic acid groups (broad SMARTS) is 1. The molecule has 0 aliphatic heterocycles. The molecule has 0 saturated carbocycles. The highest BCUT2D eigenvalue weighted by atomic mass is 16.5.